The van der Waals surface area contributed by atoms with Crippen molar-refractivity contribution in [3.63, 3.8) is 0 Å². The van der Waals surface area contributed by atoms with Crippen LogP contribution in [-0.4, -0.2) is 4.92 Å². The quantitative estimate of drug-likeness (QED) is 0.691. The summed E-state index contributed by atoms with van der Waals surface area (Å²) in [5.41, 5.74) is 7.85. The average Bonchev–Trinajstić information content (AvgIpc) is 2.39. The van der Waals surface area contributed by atoms with Gasteiger partial charge in [-0.25, -0.2) is 0 Å². The Bertz CT molecular complexity index is 602. The summed E-state index contributed by atoms with van der Waals surface area (Å²) in [6.45, 7) is 0. The highest BCUT2D eigenvalue weighted by Crippen LogP contribution is 2.27. The van der Waals surface area contributed by atoms with E-state index in [9.17, 15) is 10.1 Å². The van der Waals surface area contributed by atoms with Gasteiger partial charge in [0.1, 0.15) is 0 Å². The molecule has 0 saturated heterocycles. The fraction of sp³-hybridized carbons (Fsp3) is 0.143. The normalized spacial score (nSPS) is 12.1. The number of nitro groups is 1. The zero-order valence-electron chi connectivity index (χ0n) is 10.1. The topological polar surface area (TPSA) is 69.2 Å². The number of benzene rings is 2. The Morgan fingerprint density at radius 3 is 2.47 bits per heavy atom. The van der Waals surface area contributed by atoms with Gasteiger partial charge in [0.2, 0.25) is 0 Å². The summed E-state index contributed by atoms with van der Waals surface area (Å²) in [6.07, 6.45) is 0.430. The monoisotopic (exact) mass is 320 g/mol. The van der Waals surface area contributed by atoms with E-state index in [-0.39, 0.29) is 16.7 Å². The Labute approximate surface area is 119 Å². The van der Waals surface area contributed by atoms with Crippen molar-refractivity contribution in [2.75, 3.05) is 0 Å². The van der Waals surface area contributed by atoms with E-state index in [2.05, 4.69) is 15.9 Å². The Morgan fingerprint density at radius 1 is 1.16 bits per heavy atom. The summed E-state index contributed by atoms with van der Waals surface area (Å²) >= 11 is 3.44. The van der Waals surface area contributed by atoms with E-state index in [4.69, 9.17) is 5.73 Å². The maximum absolute atomic E-state index is 11.0. The molecule has 2 rings (SSSR count). The Hall–Kier alpha value is -1.72. The van der Waals surface area contributed by atoms with Crippen LogP contribution in [-0.2, 0) is 6.42 Å². The van der Waals surface area contributed by atoms with Crippen molar-refractivity contribution < 1.29 is 4.92 Å². The first-order valence-electron chi connectivity index (χ1n) is 5.82. The number of para-hydroxylation sites is 1. The third-order valence-electron chi connectivity index (χ3n) is 2.93. The molecule has 19 heavy (non-hydrogen) atoms. The van der Waals surface area contributed by atoms with Crippen molar-refractivity contribution in [3.8, 4) is 0 Å². The van der Waals surface area contributed by atoms with Crippen LogP contribution in [0.25, 0.3) is 0 Å². The second-order valence-corrected chi connectivity index (χ2v) is 5.07. The van der Waals surface area contributed by atoms with Gasteiger partial charge in [0.25, 0.3) is 5.69 Å². The molecule has 0 aliphatic rings. The molecule has 0 spiro atoms. The Morgan fingerprint density at radius 2 is 1.79 bits per heavy atom. The molecule has 0 aromatic heterocycles. The van der Waals surface area contributed by atoms with Crippen LogP contribution in [0.1, 0.15) is 17.2 Å². The lowest BCUT2D eigenvalue weighted by atomic mass is 9.99. The van der Waals surface area contributed by atoms with Crippen molar-refractivity contribution in [2.45, 2.75) is 12.5 Å². The summed E-state index contributed by atoms with van der Waals surface area (Å²) in [5, 5.41) is 11.0. The number of hydrogen-bond acceptors (Lipinski definition) is 3. The van der Waals surface area contributed by atoms with Crippen molar-refractivity contribution >= 4 is 21.6 Å². The lowest BCUT2D eigenvalue weighted by Crippen LogP contribution is -2.14. The summed E-state index contributed by atoms with van der Waals surface area (Å²) in [5.74, 6) is 0. The zero-order chi connectivity index (χ0) is 13.8. The molecule has 0 fully saturated rings. The van der Waals surface area contributed by atoms with Crippen LogP contribution in [0.15, 0.2) is 53.0 Å². The predicted molar refractivity (Wildman–Crippen MR) is 77.9 cm³/mol. The maximum Gasteiger partial charge on any atom is 0.272 e. The van der Waals surface area contributed by atoms with Crippen molar-refractivity contribution in [3.05, 3.63) is 74.2 Å². The van der Waals surface area contributed by atoms with Crippen LogP contribution >= 0.6 is 15.9 Å². The smallest absolute Gasteiger partial charge is 0.272 e. The van der Waals surface area contributed by atoms with E-state index in [0.29, 0.717) is 12.0 Å². The molecule has 0 amide bonds. The highest BCUT2D eigenvalue weighted by molar-refractivity contribution is 9.10. The molecule has 4 nitrogen and oxygen atoms in total. The fourth-order valence-electron chi connectivity index (χ4n) is 1.98. The van der Waals surface area contributed by atoms with Crippen LogP contribution in [0.5, 0.6) is 0 Å². The van der Waals surface area contributed by atoms with E-state index >= 15 is 0 Å². The van der Waals surface area contributed by atoms with E-state index in [1.54, 1.807) is 18.2 Å². The molecular weight excluding hydrogens is 308 g/mol. The van der Waals surface area contributed by atoms with Gasteiger partial charge in [-0.15, -0.1) is 0 Å². The van der Waals surface area contributed by atoms with E-state index in [1.807, 2.05) is 24.3 Å². The molecule has 0 radical (unpaired) electrons. The Balaban J connectivity index is 2.27. The second-order valence-electron chi connectivity index (χ2n) is 4.22. The number of halogens is 1. The standard InChI is InChI=1S/C14H13BrN2O2/c15-12-7-3-2-6-11(12)13(16)9-10-5-1-4-8-14(10)17(18)19/h1-8,13H,9,16H2. The van der Waals surface area contributed by atoms with Gasteiger partial charge in [-0.2, -0.15) is 0 Å². The van der Waals surface area contributed by atoms with Gasteiger partial charge in [0.15, 0.2) is 0 Å². The molecule has 0 saturated carbocycles. The number of nitrogens with two attached hydrogens (primary N) is 1. The van der Waals surface area contributed by atoms with Crippen LogP contribution in [0.2, 0.25) is 0 Å². The summed E-state index contributed by atoms with van der Waals surface area (Å²) in [7, 11) is 0. The first-order chi connectivity index (χ1) is 9.09. The average molecular weight is 321 g/mol. The minimum absolute atomic E-state index is 0.116. The van der Waals surface area contributed by atoms with Gasteiger partial charge in [-0.05, 0) is 18.1 Å². The zero-order valence-corrected chi connectivity index (χ0v) is 11.7. The lowest BCUT2D eigenvalue weighted by Gasteiger charge is -2.13. The highest BCUT2D eigenvalue weighted by atomic mass is 79.9. The van der Waals surface area contributed by atoms with Crippen LogP contribution in [0, 0.1) is 10.1 Å². The van der Waals surface area contributed by atoms with Crippen molar-refractivity contribution in [2.24, 2.45) is 5.73 Å². The summed E-state index contributed by atoms with van der Waals surface area (Å²) < 4.78 is 0.918. The maximum atomic E-state index is 11.0. The lowest BCUT2D eigenvalue weighted by molar-refractivity contribution is -0.385. The first-order valence-corrected chi connectivity index (χ1v) is 6.61. The van der Waals surface area contributed by atoms with E-state index in [1.165, 1.54) is 6.07 Å². The van der Waals surface area contributed by atoms with Crippen molar-refractivity contribution in [1.82, 2.24) is 0 Å². The minimum atomic E-state index is -0.373. The van der Waals surface area contributed by atoms with Gasteiger partial charge in [-0.1, -0.05) is 52.3 Å². The number of nitrogens with zero attached hydrogens (tertiary/aromatic N) is 1. The van der Waals surface area contributed by atoms with Crippen molar-refractivity contribution in [1.29, 1.82) is 0 Å². The number of nitro benzene ring substituents is 1. The first kappa shape index (κ1) is 13.7. The molecule has 98 valence electrons. The van der Waals surface area contributed by atoms with Crippen LogP contribution < -0.4 is 5.73 Å². The minimum Gasteiger partial charge on any atom is -0.324 e. The Kier molecular flexibility index (Phi) is 4.29. The molecule has 1 atom stereocenters. The number of hydrogen-bond donors (Lipinski definition) is 1. The van der Waals surface area contributed by atoms with Gasteiger partial charge in [0, 0.05) is 22.1 Å². The molecule has 2 aromatic carbocycles. The summed E-state index contributed by atoms with van der Waals surface area (Å²) in [6, 6.07) is 14.1. The second kappa shape index (κ2) is 5.95. The molecule has 2 aromatic rings. The van der Waals surface area contributed by atoms with Crippen LogP contribution in [0.4, 0.5) is 5.69 Å². The van der Waals surface area contributed by atoms with Crippen LogP contribution in [0.3, 0.4) is 0 Å². The van der Waals surface area contributed by atoms with E-state index < -0.39 is 0 Å². The third kappa shape index (κ3) is 3.19. The fourth-order valence-corrected chi connectivity index (χ4v) is 2.56. The summed E-state index contributed by atoms with van der Waals surface area (Å²) in [4.78, 5) is 10.6. The molecule has 5 heteroatoms. The molecule has 0 aliphatic carbocycles. The molecule has 2 N–H and O–H groups in total. The van der Waals surface area contributed by atoms with Gasteiger partial charge in [-0.3, -0.25) is 10.1 Å². The highest BCUT2D eigenvalue weighted by Gasteiger charge is 2.17. The number of rotatable bonds is 4. The largest absolute Gasteiger partial charge is 0.324 e. The predicted octanol–water partition coefficient (Wildman–Crippen LogP) is 3.60. The molecular formula is C14H13BrN2O2. The van der Waals surface area contributed by atoms with E-state index in [0.717, 1.165) is 10.0 Å². The third-order valence-corrected chi connectivity index (χ3v) is 3.66. The SMILES string of the molecule is NC(Cc1ccccc1[N+](=O)[O-])c1ccccc1Br. The molecule has 0 bridgehead atoms. The van der Waals surface area contributed by atoms with Gasteiger partial charge in [0.05, 0.1) is 4.92 Å². The van der Waals surface area contributed by atoms with Gasteiger partial charge >= 0.3 is 0 Å². The molecule has 0 aliphatic heterocycles. The van der Waals surface area contributed by atoms with Gasteiger partial charge < -0.3 is 5.73 Å². The molecule has 1 unspecified atom stereocenters. The molecule has 0 heterocycles.